The molecule has 0 bridgehead atoms. The highest BCUT2D eigenvalue weighted by molar-refractivity contribution is 5.95. The summed E-state index contributed by atoms with van der Waals surface area (Å²) in [6.07, 6.45) is 3.53. The number of hydrogen-bond donors (Lipinski definition) is 1. The fourth-order valence-electron chi connectivity index (χ4n) is 3.89. The molecule has 1 aromatic heterocycles. The molecule has 28 heavy (non-hydrogen) atoms. The van der Waals surface area contributed by atoms with Gasteiger partial charge in [0.2, 0.25) is 12.7 Å². The van der Waals surface area contributed by atoms with Gasteiger partial charge >= 0.3 is 0 Å². The van der Waals surface area contributed by atoms with Crippen molar-refractivity contribution in [3.63, 3.8) is 0 Å². The van der Waals surface area contributed by atoms with Crippen molar-refractivity contribution in [2.45, 2.75) is 25.8 Å². The molecular formula is C21H23N3O4. The second-order valence-corrected chi connectivity index (χ2v) is 7.15. The van der Waals surface area contributed by atoms with E-state index in [-0.39, 0.29) is 30.6 Å². The quantitative estimate of drug-likeness (QED) is 0.880. The molecule has 2 aliphatic rings. The number of aromatic nitrogens is 1. The number of amides is 2. The maximum Gasteiger partial charge on any atom is 0.254 e. The molecule has 1 N–H and O–H groups in total. The van der Waals surface area contributed by atoms with Crippen LogP contribution in [-0.2, 0) is 4.79 Å². The molecule has 2 atom stereocenters. The van der Waals surface area contributed by atoms with Crippen LogP contribution in [0.15, 0.2) is 42.6 Å². The van der Waals surface area contributed by atoms with Crippen LogP contribution in [0, 0.1) is 5.92 Å². The zero-order valence-electron chi connectivity index (χ0n) is 15.8. The molecule has 1 saturated heterocycles. The summed E-state index contributed by atoms with van der Waals surface area (Å²) >= 11 is 0. The molecule has 7 nitrogen and oxygen atoms in total. The number of piperidine rings is 1. The van der Waals surface area contributed by atoms with Gasteiger partial charge in [0.15, 0.2) is 11.5 Å². The Morgan fingerprint density at radius 1 is 1.21 bits per heavy atom. The maximum absolute atomic E-state index is 13.1. The van der Waals surface area contributed by atoms with E-state index < -0.39 is 0 Å². The van der Waals surface area contributed by atoms with Crippen LogP contribution in [0.3, 0.4) is 0 Å². The van der Waals surface area contributed by atoms with E-state index in [0.717, 1.165) is 18.5 Å². The summed E-state index contributed by atoms with van der Waals surface area (Å²) in [5.74, 6) is 1.23. The molecule has 146 valence electrons. The minimum absolute atomic E-state index is 0.0365. The highest BCUT2D eigenvalue weighted by atomic mass is 16.7. The van der Waals surface area contributed by atoms with Crippen LogP contribution in [0.25, 0.3) is 0 Å². The van der Waals surface area contributed by atoms with Crippen molar-refractivity contribution in [3.05, 3.63) is 53.9 Å². The predicted octanol–water partition coefficient (Wildman–Crippen LogP) is 2.54. The van der Waals surface area contributed by atoms with Crippen LogP contribution >= 0.6 is 0 Å². The van der Waals surface area contributed by atoms with Crippen molar-refractivity contribution in [1.82, 2.24) is 15.2 Å². The van der Waals surface area contributed by atoms with Gasteiger partial charge in [0.25, 0.3) is 5.91 Å². The van der Waals surface area contributed by atoms with Crippen molar-refractivity contribution in [2.75, 3.05) is 19.9 Å². The molecule has 0 aliphatic carbocycles. The molecule has 2 aliphatic heterocycles. The third-order valence-electron chi connectivity index (χ3n) is 5.20. The average Bonchev–Trinajstić information content (AvgIpc) is 3.20. The minimum Gasteiger partial charge on any atom is -0.454 e. The molecule has 2 aromatic rings. The van der Waals surface area contributed by atoms with Crippen molar-refractivity contribution >= 4 is 11.8 Å². The number of benzene rings is 1. The van der Waals surface area contributed by atoms with Gasteiger partial charge < -0.3 is 19.7 Å². The van der Waals surface area contributed by atoms with Gasteiger partial charge in [-0.2, -0.15) is 0 Å². The molecule has 0 radical (unpaired) electrons. The minimum atomic E-state index is -0.217. The van der Waals surface area contributed by atoms with Crippen LogP contribution in [0.1, 0.15) is 41.9 Å². The van der Waals surface area contributed by atoms with Crippen LogP contribution in [0.5, 0.6) is 11.5 Å². The largest absolute Gasteiger partial charge is 0.454 e. The Morgan fingerprint density at radius 2 is 2.07 bits per heavy atom. The zero-order chi connectivity index (χ0) is 19.5. The monoisotopic (exact) mass is 381 g/mol. The van der Waals surface area contributed by atoms with Crippen molar-refractivity contribution in [3.8, 4) is 11.5 Å². The second-order valence-electron chi connectivity index (χ2n) is 7.15. The Bertz CT molecular complexity index is 871. The van der Waals surface area contributed by atoms with E-state index in [2.05, 4.69) is 10.3 Å². The average molecular weight is 381 g/mol. The lowest BCUT2D eigenvalue weighted by Crippen LogP contribution is -2.45. The number of hydrogen-bond acceptors (Lipinski definition) is 5. The summed E-state index contributed by atoms with van der Waals surface area (Å²) in [6.45, 7) is 2.95. The maximum atomic E-state index is 13.1. The molecular weight excluding hydrogens is 358 g/mol. The van der Waals surface area contributed by atoms with E-state index >= 15 is 0 Å². The highest BCUT2D eigenvalue weighted by Gasteiger charge is 2.32. The zero-order valence-corrected chi connectivity index (χ0v) is 15.8. The predicted molar refractivity (Wildman–Crippen MR) is 102 cm³/mol. The normalized spacial score (nSPS) is 19.2. The van der Waals surface area contributed by atoms with E-state index in [1.165, 1.54) is 6.92 Å². The summed E-state index contributed by atoms with van der Waals surface area (Å²) in [5.41, 5.74) is 1.40. The van der Waals surface area contributed by atoms with Gasteiger partial charge in [-0.15, -0.1) is 0 Å². The van der Waals surface area contributed by atoms with Crippen molar-refractivity contribution < 1.29 is 19.1 Å². The molecule has 0 spiro atoms. The summed E-state index contributed by atoms with van der Waals surface area (Å²) in [6, 6.07) is 10.7. The van der Waals surface area contributed by atoms with E-state index in [9.17, 15) is 9.59 Å². The lowest BCUT2D eigenvalue weighted by Gasteiger charge is -2.37. The number of carbonyl (C=O) groups is 2. The third-order valence-corrected chi connectivity index (χ3v) is 5.20. The standard InChI is InChI=1S/C21H23N3O4/c1-14(25)23-20(17-6-2-3-9-22-17)16-5-4-10-24(12-16)21(26)15-7-8-18-19(11-15)28-13-27-18/h2-3,6-9,11,16,20H,4-5,10,12-13H2,1H3,(H,23,25). The second kappa shape index (κ2) is 7.88. The highest BCUT2D eigenvalue weighted by Crippen LogP contribution is 2.34. The Labute approximate surface area is 163 Å². The van der Waals surface area contributed by atoms with Gasteiger partial charge in [-0.1, -0.05) is 6.07 Å². The van der Waals surface area contributed by atoms with Gasteiger partial charge in [0.1, 0.15) is 0 Å². The molecule has 0 saturated carbocycles. The number of rotatable bonds is 4. The van der Waals surface area contributed by atoms with Crippen LogP contribution in [0.4, 0.5) is 0 Å². The van der Waals surface area contributed by atoms with Gasteiger partial charge in [0.05, 0.1) is 11.7 Å². The number of nitrogens with zero attached hydrogens (tertiary/aromatic N) is 2. The SMILES string of the molecule is CC(=O)NC(c1ccccn1)C1CCCN(C(=O)c2ccc3c(c2)OCO3)C1. The Morgan fingerprint density at radius 3 is 2.86 bits per heavy atom. The van der Waals surface area contributed by atoms with Crippen LogP contribution in [0.2, 0.25) is 0 Å². The third kappa shape index (κ3) is 3.78. The lowest BCUT2D eigenvalue weighted by atomic mass is 9.88. The first-order valence-electron chi connectivity index (χ1n) is 9.49. The fraction of sp³-hybridized carbons (Fsp3) is 0.381. The first-order valence-corrected chi connectivity index (χ1v) is 9.49. The van der Waals surface area contributed by atoms with Gasteiger partial charge in [-0.3, -0.25) is 14.6 Å². The topological polar surface area (TPSA) is 80.8 Å². The number of carbonyl (C=O) groups excluding carboxylic acids is 2. The number of nitrogens with one attached hydrogen (secondary N) is 1. The smallest absolute Gasteiger partial charge is 0.254 e. The number of pyridine rings is 1. The fourth-order valence-corrected chi connectivity index (χ4v) is 3.89. The van der Waals surface area contributed by atoms with E-state index in [1.54, 1.807) is 24.4 Å². The molecule has 4 rings (SSSR count). The van der Waals surface area contributed by atoms with Crippen LogP contribution in [-0.4, -0.2) is 41.6 Å². The molecule has 2 amide bonds. The molecule has 1 fully saturated rings. The Balaban J connectivity index is 1.52. The summed E-state index contributed by atoms with van der Waals surface area (Å²) in [5, 5.41) is 3.02. The molecule has 1 aromatic carbocycles. The van der Waals surface area contributed by atoms with Gasteiger partial charge in [-0.25, -0.2) is 0 Å². The molecule has 2 unspecified atom stereocenters. The molecule has 7 heteroatoms. The Hall–Kier alpha value is -3.09. The Kier molecular flexibility index (Phi) is 5.14. The van der Waals surface area contributed by atoms with Crippen molar-refractivity contribution in [1.29, 1.82) is 0 Å². The summed E-state index contributed by atoms with van der Waals surface area (Å²) in [4.78, 5) is 31.1. The summed E-state index contributed by atoms with van der Waals surface area (Å²) in [7, 11) is 0. The van der Waals surface area contributed by atoms with Crippen LogP contribution < -0.4 is 14.8 Å². The number of fused-ring (bicyclic) bond motifs is 1. The van der Waals surface area contributed by atoms with E-state index in [4.69, 9.17) is 9.47 Å². The van der Waals surface area contributed by atoms with Crippen molar-refractivity contribution in [2.24, 2.45) is 5.92 Å². The first-order chi connectivity index (χ1) is 13.6. The number of likely N-dealkylation sites (tertiary alicyclic amines) is 1. The lowest BCUT2D eigenvalue weighted by molar-refractivity contribution is -0.120. The first kappa shape index (κ1) is 18.3. The van der Waals surface area contributed by atoms with E-state index in [0.29, 0.717) is 30.2 Å². The van der Waals surface area contributed by atoms with Gasteiger partial charge in [-0.05, 0) is 43.2 Å². The van der Waals surface area contributed by atoms with Gasteiger partial charge in [0, 0.05) is 37.7 Å². The summed E-state index contributed by atoms with van der Waals surface area (Å²) < 4.78 is 10.7. The molecule has 3 heterocycles. The van der Waals surface area contributed by atoms with E-state index in [1.807, 2.05) is 23.1 Å². The number of ether oxygens (including phenoxy) is 2.